The summed E-state index contributed by atoms with van der Waals surface area (Å²) in [6, 6.07) is 0. The van der Waals surface area contributed by atoms with Crippen LogP contribution >= 0.6 is 0 Å². The fraction of sp³-hybridized carbons (Fsp3) is 0.333. The molecule has 0 aliphatic rings. The molecule has 0 saturated heterocycles. The number of nitrogen functional groups attached to an aromatic ring is 1. The second-order valence-corrected chi connectivity index (χ2v) is 4.09. The largest absolute Gasteiger partial charge is 0.465 e. The zero-order chi connectivity index (χ0) is 14.9. The summed E-state index contributed by atoms with van der Waals surface area (Å²) in [5.74, 6) is 0.578. The van der Waals surface area contributed by atoms with E-state index in [1.807, 2.05) is 0 Å². The molecule has 8 nitrogen and oxygen atoms in total. The molecule has 0 amide bonds. The van der Waals surface area contributed by atoms with Gasteiger partial charge in [-0.1, -0.05) is 0 Å². The fourth-order valence-corrected chi connectivity index (χ4v) is 2.18. The van der Waals surface area contributed by atoms with Gasteiger partial charge in [0.25, 0.3) is 0 Å². The number of hydrogen-bond acceptors (Lipinski definition) is 7. The van der Waals surface area contributed by atoms with Crippen LogP contribution in [0.15, 0.2) is 0 Å². The number of nitrogens with one attached hydrogen (secondary N) is 4. The number of esters is 1. The topological polar surface area (TPSA) is 117 Å². The molecule has 20 heavy (non-hydrogen) atoms. The lowest BCUT2D eigenvalue weighted by atomic mass is 10.1. The van der Waals surface area contributed by atoms with Crippen LogP contribution in [0.3, 0.4) is 0 Å². The number of nitrogens with zero attached hydrogens (tertiary/aromatic N) is 1. The van der Waals surface area contributed by atoms with Crippen molar-refractivity contribution in [2.75, 3.05) is 49.9 Å². The summed E-state index contributed by atoms with van der Waals surface area (Å²) in [7, 11) is 6.52. The van der Waals surface area contributed by atoms with Crippen LogP contribution in [0.1, 0.15) is 10.4 Å². The monoisotopic (exact) mass is 278 g/mol. The number of hydrogen-bond donors (Lipinski definition) is 5. The van der Waals surface area contributed by atoms with Gasteiger partial charge in [-0.25, -0.2) is 9.78 Å². The van der Waals surface area contributed by atoms with E-state index in [2.05, 4.69) is 25.9 Å². The number of rotatable bonds is 4. The van der Waals surface area contributed by atoms with E-state index < -0.39 is 5.97 Å². The van der Waals surface area contributed by atoms with Crippen LogP contribution in [0.4, 0.5) is 23.0 Å². The third-order valence-electron chi connectivity index (χ3n) is 3.11. The first-order chi connectivity index (χ1) is 9.58. The zero-order valence-electron chi connectivity index (χ0n) is 11.8. The Balaban J connectivity index is 2.86. The minimum absolute atomic E-state index is 0.223. The Labute approximate surface area is 116 Å². The van der Waals surface area contributed by atoms with Crippen molar-refractivity contribution in [3.05, 3.63) is 5.56 Å². The summed E-state index contributed by atoms with van der Waals surface area (Å²) in [5.41, 5.74) is 8.01. The van der Waals surface area contributed by atoms with Gasteiger partial charge >= 0.3 is 5.97 Å². The van der Waals surface area contributed by atoms with E-state index in [1.165, 1.54) is 7.11 Å². The molecule has 2 aromatic rings. The molecular formula is C12H18N6O2. The number of H-pyrrole nitrogens is 1. The quantitative estimate of drug-likeness (QED) is 0.531. The molecule has 0 spiro atoms. The maximum Gasteiger partial charge on any atom is 0.343 e. The molecule has 2 heterocycles. The molecule has 0 aromatic carbocycles. The minimum atomic E-state index is -0.532. The predicted octanol–water partition coefficient (Wildman–Crippen LogP) is 1.06. The predicted molar refractivity (Wildman–Crippen MR) is 80.5 cm³/mol. The van der Waals surface area contributed by atoms with Crippen LogP contribution in [-0.4, -0.2) is 44.2 Å². The molecule has 2 rings (SSSR count). The van der Waals surface area contributed by atoms with Crippen molar-refractivity contribution in [1.29, 1.82) is 0 Å². The third-order valence-corrected chi connectivity index (χ3v) is 3.11. The number of anilines is 4. The smallest absolute Gasteiger partial charge is 0.343 e. The van der Waals surface area contributed by atoms with Gasteiger partial charge in [0.2, 0.25) is 0 Å². The van der Waals surface area contributed by atoms with Gasteiger partial charge in [-0.05, 0) is 0 Å². The minimum Gasteiger partial charge on any atom is -0.465 e. The second kappa shape index (κ2) is 5.16. The molecule has 0 unspecified atom stereocenters. The maximum atomic E-state index is 11.9. The van der Waals surface area contributed by atoms with Gasteiger partial charge in [0, 0.05) is 21.1 Å². The second-order valence-electron chi connectivity index (χ2n) is 4.09. The Morgan fingerprint density at radius 1 is 1.25 bits per heavy atom. The molecule has 0 fully saturated rings. The normalized spacial score (nSPS) is 10.4. The molecule has 0 atom stereocenters. The van der Waals surface area contributed by atoms with Crippen LogP contribution in [-0.2, 0) is 4.74 Å². The van der Waals surface area contributed by atoms with Crippen molar-refractivity contribution in [3.63, 3.8) is 0 Å². The number of fused-ring (bicyclic) bond motifs is 1. The zero-order valence-corrected chi connectivity index (χ0v) is 11.8. The summed E-state index contributed by atoms with van der Waals surface area (Å²) >= 11 is 0. The molecule has 0 radical (unpaired) electrons. The van der Waals surface area contributed by atoms with E-state index in [4.69, 9.17) is 10.5 Å². The summed E-state index contributed by atoms with van der Waals surface area (Å²) in [6.07, 6.45) is 0. The summed E-state index contributed by atoms with van der Waals surface area (Å²) in [5, 5.41) is 9.56. The first-order valence-corrected chi connectivity index (χ1v) is 6.05. The Morgan fingerprint density at radius 2 is 1.95 bits per heavy atom. The standard InChI is InChI=1S/C12H18N6O2/c1-14-8-5-7(13)6(12(19)20-4)9(15-2)17-10(5)18-11(8)16-3/h14,16H,1-4H3,(H4,13,15,17,18). The highest BCUT2D eigenvalue weighted by Gasteiger charge is 2.23. The van der Waals surface area contributed by atoms with E-state index >= 15 is 0 Å². The number of methoxy groups -OCH3 is 1. The van der Waals surface area contributed by atoms with Gasteiger partial charge in [-0.3, -0.25) is 0 Å². The molecule has 2 aromatic heterocycles. The van der Waals surface area contributed by atoms with E-state index in [0.717, 1.165) is 11.5 Å². The van der Waals surface area contributed by atoms with Crippen molar-refractivity contribution in [3.8, 4) is 0 Å². The number of aromatic nitrogens is 2. The average Bonchev–Trinajstić information content (AvgIpc) is 2.83. The Bertz CT molecular complexity index is 664. The van der Waals surface area contributed by atoms with Gasteiger partial charge in [-0.15, -0.1) is 0 Å². The van der Waals surface area contributed by atoms with Crippen molar-refractivity contribution in [2.45, 2.75) is 0 Å². The lowest BCUT2D eigenvalue weighted by molar-refractivity contribution is 0.0603. The molecule has 0 aliphatic heterocycles. The van der Waals surface area contributed by atoms with E-state index in [9.17, 15) is 4.79 Å². The van der Waals surface area contributed by atoms with Crippen molar-refractivity contribution in [1.82, 2.24) is 9.97 Å². The molecule has 0 saturated carbocycles. The first kappa shape index (κ1) is 13.8. The molecule has 8 heteroatoms. The average molecular weight is 278 g/mol. The lowest BCUT2D eigenvalue weighted by Crippen LogP contribution is -2.11. The number of nitrogens with two attached hydrogens (primary N) is 1. The van der Waals surface area contributed by atoms with E-state index in [1.54, 1.807) is 21.1 Å². The van der Waals surface area contributed by atoms with Crippen LogP contribution < -0.4 is 21.7 Å². The highest BCUT2D eigenvalue weighted by atomic mass is 16.5. The van der Waals surface area contributed by atoms with Crippen LogP contribution in [0.5, 0.6) is 0 Å². The Hall–Kier alpha value is -2.64. The Morgan fingerprint density at radius 3 is 2.45 bits per heavy atom. The number of carbonyl (C=O) groups excluding carboxylic acids is 1. The van der Waals surface area contributed by atoms with Gasteiger partial charge in [0.05, 0.1) is 23.9 Å². The van der Waals surface area contributed by atoms with Crippen molar-refractivity contribution >= 4 is 40.0 Å². The molecule has 0 bridgehead atoms. The Kier molecular flexibility index (Phi) is 3.55. The van der Waals surface area contributed by atoms with Gasteiger partial charge < -0.3 is 31.4 Å². The maximum absolute atomic E-state index is 11.9. The van der Waals surface area contributed by atoms with Crippen LogP contribution in [0.25, 0.3) is 11.0 Å². The van der Waals surface area contributed by atoms with E-state index in [0.29, 0.717) is 22.5 Å². The first-order valence-electron chi connectivity index (χ1n) is 6.05. The number of pyridine rings is 1. The van der Waals surface area contributed by atoms with Crippen molar-refractivity contribution < 1.29 is 9.53 Å². The van der Waals surface area contributed by atoms with Gasteiger partial charge in [0.1, 0.15) is 22.8 Å². The summed E-state index contributed by atoms with van der Waals surface area (Å²) in [6.45, 7) is 0. The lowest BCUT2D eigenvalue weighted by Gasteiger charge is -2.11. The van der Waals surface area contributed by atoms with Gasteiger partial charge in [-0.2, -0.15) is 0 Å². The highest BCUT2D eigenvalue weighted by Crippen LogP contribution is 2.38. The highest BCUT2D eigenvalue weighted by molar-refractivity contribution is 6.13. The molecule has 6 N–H and O–H groups in total. The summed E-state index contributed by atoms with van der Waals surface area (Å²) in [4.78, 5) is 19.4. The third kappa shape index (κ3) is 1.85. The van der Waals surface area contributed by atoms with Gasteiger partial charge in [0.15, 0.2) is 0 Å². The fourth-order valence-electron chi connectivity index (χ4n) is 2.18. The van der Waals surface area contributed by atoms with Crippen LogP contribution in [0, 0.1) is 0 Å². The summed E-state index contributed by atoms with van der Waals surface area (Å²) < 4.78 is 4.77. The SMILES string of the molecule is CNc1nc2[nH]c(NC)c(NC)c2c(N)c1C(=O)OC. The van der Waals surface area contributed by atoms with Crippen LogP contribution in [0.2, 0.25) is 0 Å². The number of aromatic amines is 1. The van der Waals surface area contributed by atoms with E-state index in [-0.39, 0.29) is 5.56 Å². The molecule has 0 aliphatic carbocycles. The number of carbonyl (C=O) groups is 1. The molecular weight excluding hydrogens is 260 g/mol. The molecule has 108 valence electrons. The number of ether oxygens (including phenoxy) is 1. The van der Waals surface area contributed by atoms with Crippen molar-refractivity contribution in [2.24, 2.45) is 0 Å².